The maximum Gasteiger partial charge on any atom is 0.0489 e. The molecule has 0 amide bonds. The van der Waals surface area contributed by atoms with Crippen molar-refractivity contribution in [3.63, 3.8) is 0 Å². The van der Waals surface area contributed by atoms with Gasteiger partial charge in [-0.1, -0.05) is 72.8 Å². The third-order valence-electron chi connectivity index (χ3n) is 10.7. The number of nitrogens with zero attached hydrogens (tertiary/aromatic N) is 3. The number of hydrogen-bond acceptors (Lipinski definition) is 0. The third-order valence-corrected chi connectivity index (χ3v) is 10.7. The van der Waals surface area contributed by atoms with Crippen molar-refractivity contribution in [2.75, 3.05) is 0 Å². The monoisotopic (exact) mass is 615 g/mol. The summed E-state index contributed by atoms with van der Waals surface area (Å²) in [4.78, 5) is 0. The second-order valence-electron chi connectivity index (χ2n) is 13.2. The molecule has 0 unspecified atom stereocenters. The summed E-state index contributed by atoms with van der Waals surface area (Å²) in [5, 5.41) is 7.72. The molecule has 0 aliphatic rings. The molecule has 7 aromatic carbocycles. The lowest BCUT2D eigenvalue weighted by Gasteiger charge is -2.13. The molecule has 10 aromatic rings. The predicted octanol–water partition coefficient (Wildman–Crippen LogP) is 11.6. The van der Waals surface area contributed by atoms with Gasteiger partial charge in [0, 0.05) is 86.6 Å². The zero-order valence-electron chi connectivity index (χ0n) is 27.2. The van der Waals surface area contributed by atoms with E-state index in [9.17, 15) is 0 Å². The van der Waals surface area contributed by atoms with Gasteiger partial charge in [-0.2, -0.15) is 0 Å². The number of fused-ring (bicyclic) bond motifs is 9. The van der Waals surface area contributed by atoms with Crippen LogP contribution in [0.1, 0.15) is 0 Å². The van der Waals surface area contributed by atoms with Crippen LogP contribution in [0.2, 0.25) is 0 Å². The molecule has 0 radical (unpaired) electrons. The van der Waals surface area contributed by atoms with Crippen molar-refractivity contribution in [2.45, 2.75) is 0 Å². The van der Waals surface area contributed by atoms with E-state index in [4.69, 9.17) is 0 Å². The highest BCUT2D eigenvalue weighted by Crippen LogP contribution is 2.39. The molecule has 0 aliphatic heterocycles. The minimum absolute atomic E-state index is 1.22. The van der Waals surface area contributed by atoms with Crippen LogP contribution in [0.15, 0.2) is 146 Å². The molecule has 3 nitrogen and oxygen atoms in total. The van der Waals surface area contributed by atoms with Gasteiger partial charge in [-0.15, -0.1) is 0 Å². The number of para-hydroxylation sites is 3. The van der Waals surface area contributed by atoms with Gasteiger partial charge in [0.2, 0.25) is 0 Å². The smallest absolute Gasteiger partial charge is 0.0489 e. The van der Waals surface area contributed by atoms with Crippen molar-refractivity contribution in [1.82, 2.24) is 13.7 Å². The van der Waals surface area contributed by atoms with E-state index >= 15 is 0 Å². The minimum atomic E-state index is 1.22. The molecule has 3 aromatic heterocycles. The van der Waals surface area contributed by atoms with Crippen LogP contribution in [0.5, 0.6) is 0 Å². The van der Waals surface area contributed by atoms with E-state index in [-0.39, 0.29) is 0 Å². The first-order chi connectivity index (χ1) is 23.5. The molecule has 0 bridgehead atoms. The summed E-state index contributed by atoms with van der Waals surface area (Å²) in [6, 6.07) is 54.1. The number of rotatable bonds is 3. The number of aromatic nitrogens is 3. The summed E-state index contributed by atoms with van der Waals surface area (Å²) in [7, 11) is 6.49. The fourth-order valence-electron chi connectivity index (χ4n) is 8.17. The van der Waals surface area contributed by atoms with Gasteiger partial charge < -0.3 is 13.7 Å². The predicted molar refractivity (Wildman–Crippen MR) is 205 cm³/mol. The largest absolute Gasteiger partial charge is 0.344 e. The van der Waals surface area contributed by atoms with E-state index in [2.05, 4.69) is 180 Å². The maximum atomic E-state index is 2.38. The Bertz CT molecular complexity index is 2600. The van der Waals surface area contributed by atoms with Crippen molar-refractivity contribution in [1.29, 1.82) is 0 Å². The van der Waals surface area contributed by atoms with E-state index in [0.29, 0.717) is 0 Å². The van der Waals surface area contributed by atoms with Gasteiger partial charge in [-0.25, -0.2) is 0 Å². The Morgan fingerprint density at radius 3 is 0.833 bits per heavy atom. The molecule has 10 rings (SSSR count). The van der Waals surface area contributed by atoms with Gasteiger partial charge in [0.05, 0.1) is 0 Å². The molecule has 3 heterocycles. The number of hydrogen-bond donors (Lipinski definition) is 0. The fourth-order valence-corrected chi connectivity index (χ4v) is 8.17. The van der Waals surface area contributed by atoms with Gasteiger partial charge in [0.25, 0.3) is 0 Å². The van der Waals surface area contributed by atoms with Crippen LogP contribution < -0.4 is 0 Å². The summed E-state index contributed by atoms with van der Waals surface area (Å²) in [6.45, 7) is 0. The molecule has 0 aliphatic carbocycles. The zero-order chi connectivity index (χ0) is 32.1. The molecule has 0 saturated heterocycles. The van der Waals surface area contributed by atoms with Gasteiger partial charge in [-0.05, 0) is 106 Å². The molecule has 3 heteroatoms. The lowest BCUT2D eigenvalue weighted by molar-refractivity contribution is 1.01. The van der Waals surface area contributed by atoms with Crippen LogP contribution >= 0.6 is 0 Å². The van der Waals surface area contributed by atoms with Crippen molar-refractivity contribution in [3.8, 4) is 33.4 Å². The topological polar surface area (TPSA) is 14.8 Å². The third kappa shape index (κ3) is 3.82. The molecule has 48 heavy (non-hydrogen) atoms. The second-order valence-corrected chi connectivity index (χ2v) is 13.2. The van der Waals surface area contributed by atoms with Crippen LogP contribution in [-0.2, 0) is 21.1 Å². The van der Waals surface area contributed by atoms with Crippen LogP contribution in [0, 0.1) is 0 Å². The van der Waals surface area contributed by atoms with E-state index in [1.165, 1.54) is 98.8 Å². The molecule has 0 saturated carbocycles. The van der Waals surface area contributed by atoms with Crippen LogP contribution in [0.3, 0.4) is 0 Å². The van der Waals surface area contributed by atoms with Crippen molar-refractivity contribution >= 4 is 65.4 Å². The highest BCUT2D eigenvalue weighted by Gasteiger charge is 2.15. The number of aryl methyl sites for hydroxylation is 3. The molecule has 0 N–H and O–H groups in total. The van der Waals surface area contributed by atoms with E-state index in [0.717, 1.165) is 0 Å². The summed E-state index contributed by atoms with van der Waals surface area (Å²) >= 11 is 0. The highest BCUT2D eigenvalue weighted by molar-refractivity contribution is 6.12. The van der Waals surface area contributed by atoms with Gasteiger partial charge in [0.15, 0.2) is 0 Å². The van der Waals surface area contributed by atoms with Crippen LogP contribution in [0.25, 0.3) is 98.8 Å². The summed E-state index contributed by atoms with van der Waals surface area (Å²) < 4.78 is 6.90. The molecule has 0 spiro atoms. The Balaban J connectivity index is 1.22. The second kappa shape index (κ2) is 9.97. The molecule has 0 fully saturated rings. The Morgan fingerprint density at radius 2 is 0.521 bits per heavy atom. The first-order valence-corrected chi connectivity index (χ1v) is 16.6. The normalized spacial score (nSPS) is 12.1. The Hall–Kier alpha value is -6.06. The number of benzene rings is 7. The lowest BCUT2D eigenvalue weighted by Crippen LogP contribution is -1.89. The molecule has 228 valence electrons. The highest BCUT2D eigenvalue weighted by atomic mass is 14.9. The standard InChI is InChI=1S/C45H33N3/c1-46-40-13-7-4-10-34(40)37-25-28(16-19-43(37)46)31-22-32(29-17-20-44-38(26-29)35-11-5-8-14-41(35)47(44)2)24-33(23-31)30-18-21-45-39(27-30)36-12-6-9-15-42(36)48(45)3/h4-27H,1-3H3. The minimum Gasteiger partial charge on any atom is -0.344 e. The average molecular weight is 616 g/mol. The van der Waals surface area contributed by atoms with E-state index in [1.54, 1.807) is 0 Å². The Kier molecular flexibility index (Phi) is 5.63. The summed E-state index contributed by atoms with van der Waals surface area (Å²) in [5.41, 5.74) is 14.8. The van der Waals surface area contributed by atoms with Crippen molar-refractivity contribution < 1.29 is 0 Å². The van der Waals surface area contributed by atoms with Crippen LogP contribution in [0.4, 0.5) is 0 Å². The first kappa shape index (κ1) is 27.1. The Morgan fingerprint density at radius 1 is 0.250 bits per heavy atom. The zero-order valence-corrected chi connectivity index (χ0v) is 27.2. The molecule has 0 atom stereocenters. The maximum absolute atomic E-state index is 2.38. The van der Waals surface area contributed by atoms with E-state index < -0.39 is 0 Å². The van der Waals surface area contributed by atoms with Gasteiger partial charge in [-0.3, -0.25) is 0 Å². The van der Waals surface area contributed by atoms with Gasteiger partial charge >= 0.3 is 0 Å². The van der Waals surface area contributed by atoms with Crippen molar-refractivity contribution in [3.05, 3.63) is 146 Å². The summed E-state index contributed by atoms with van der Waals surface area (Å²) in [6.07, 6.45) is 0. The fraction of sp³-hybridized carbons (Fsp3) is 0.0667. The van der Waals surface area contributed by atoms with E-state index in [1.807, 2.05) is 0 Å². The lowest BCUT2D eigenvalue weighted by atomic mass is 9.92. The van der Waals surface area contributed by atoms with Crippen molar-refractivity contribution in [2.24, 2.45) is 21.1 Å². The van der Waals surface area contributed by atoms with Gasteiger partial charge in [0.1, 0.15) is 0 Å². The average Bonchev–Trinajstić information content (AvgIpc) is 3.72. The van der Waals surface area contributed by atoms with Crippen LogP contribution in [-0.4, -0.2) is 13.7 Å². The SMILES string of the molecule is Cn1c2ccccc2c2cc(-c3cc(-c4ccc5c(c4)c4ccccc4n5C)cc(-c4ccc5c(c4)c4ccccc4n5C)c3)ccc21. The quantitative estimate of drug-likeness (QED) is 0.188. The molecular weight excluding hydrogens is 583 g/mol. The Labute approximate surface area is 278 Å². The molecular formula is C45H33N3. The first-order valence-electron chi connectivity index (χ1n) is 16.6. The summed E-state index contributed by atoms with van der Waals surface area (Å²) in [5.74, 6) is 0.